The molecule has 1 heteroatoms. The summed E-state index contributed by atoms with van der Waals surface area (Å²) < 4.78 is 5.93. The average Bonchev–Trinajstić information content (AvgIpc) is 2.48. The van der Waals surface area contributed by atoms with E-state index in [4.69, 9.17) is 4.74 Å². The van der Waals surface area contributed by atoms with Gasteiger partial charge in [0.1, 0.15) is 0 Å². The van der Waals surface area contributed by atoms with E-state index in [-0.39, 0.29) is 5.60 Å². The van der Waals surface area contributed by atoms with E-state index >= 15 is 0 Å². The Kier molecular flexibility index (Phi) is 4.64. The van der Waals surface area contributed by atoms with Gasteiger partial charge >= 0.3 is 0 Å². The van der Waals surface area contributed by atoms with Gasteiger partial charge in [-0.05, 0) is 83.5 Å². The molecule has 0 bridgehead atoms. The fourth-order valence-electron chi connectivity index (χ4n) is 3.21. The molecule has 3 rings (SSSR count). The minimum absolute atomic E-state index is 0.111. The predicted octanol–water partition coefficient (Wildman–Crippen LogP) is 6.90. The Morgan fingerprint density at radius 3 is 1.72 bits per heavy atom. The van der Waals surface area contributed by atoms with Crippen molar-refractivity contribution < 1.29 is 4.74 Å². The molecule has 0 aliphatic carbocycles. The number of benzene rings is 3. The van der Waals surface area contributed by atoms with E-state index in [9.17, 15) is 0 Å². The summed E-state index contributed by atoms with van der Waals surface area (Å²) in [5.41, 5.74) is 2.83. The van der Waals surface area contributed by atoms with Crippen molar-refractivity contribution in [2.24, 2.45) is 5.41 Å². The molecule has 0 heterocycles. The first-order valence-corrected chi connectivity index (χ1v) is 9.18. The smallest absolute Gasteiger partial charge is 0.0724 e. The van der Waals surface area contributed by atoms with Gasteiger partial charge in [-0.1, -0.05) is 51.1 Å². The van der Waals surface area contributed by atoms with E-state index in [0.29, 0.717) is 12.0 Å². The molecule has 0 saturated carbocycles. The fourth-order valence-corrected chi connectivity index (χ4v) is 3.21. The van der Waals surface area contributed by atoms with Gasteiger partial charge in [0.2, 0.25) is 0 Å². The minimum atomic E-state index is -0.111. The molecular weight excluding hydrogens is 304 g/mol. The lowest BCUT2D eigenvalue weighted by Gasteiger charge is -2.20. The van der Waals surface area contributed by atoms with Gasteiger partial charge in [0, 0.05) is 0 Å². The van der Waals surface area contributed by atoms with E-state index in [1.807, 2.05) is 0 Å². The van der Waals surface area contributed by atoms with Crippen molar-refractivity contribution in [1.29, 1.82) is 0 Å². The Morgan fingerprint density at radius 1 is 0.640 bits per heavy atom. The maximum Gasteiger partial charge on any atom is 0.0724 e. The van der Waals surface area contributed by atoms with Gasteiger partial charge < -0.3 is 4.74 Å². The monoisotopic (exact) mass is 334 g/mol. The number of rotatable bonds is 3. The zero-order chi connectivity index (χ0) is 18.2. The first kappa shape index (κ1) is 17.9. The predicted molar refractivity (Wildman–Crippen MR) is 109 cm³/mol. The highest BCUT2D eigenvalue weighted by Crippen LogP contribution is 2.28. The van der Waals surface area contributed by atoms with Crippen LogP contribution in [-0.2, 0) is 17.8 Å². The van der Waals surface area contributed by atoms with Gasteiger partial charge in [-0.2, -0.15) is 0 Å². The molecule has 3 aromatic rings. The van der Waals surface area contributed by atoms with Gasteiger partial charge in [-0.3, -0.25) is 0 Å². The molecule has 0 amide bonds. The second kappa shape index (κ2) is 6.46. The van der Waals surface area contributed by atoms with Crippen LogP contribution in [0.15, 0.2) is 48.5 Å². The van der Waals surface area contributed by atoms with Gasteiger partial charge in [-0.15, -0.1) is 0 Å². The van der Waals surface area contributed by atoms with Crippen LogP contribution in [-0.4, -0.2) is 5.60 Å². The average molecular weight is 335 g/mol. The highest BCUT2D eigenvalue weighted by atomic mass is 16.5. The largest absolute Gasteiger partial charge is 0.371 e. The molecule has 0 aliphatic heterocycles. The maximum atomic E-state index is 5.93. The molecule has 3 aromatic carbocycles. The topological polar surface area (TPSA) is 9.23 Å². The molecule has 0 spiro atoms. The Balaban J connectivity index is 1.96. The first-order chi connectivity index (χ1) is 11.6. The number of fused-ring (bicyclic) bond motifs is 2. The zero-order valence-electron chi connectivity index (χ0n) is 16.4. The molecule has 0 radical (unpaired) electrons. The van der Waals surface area contributed by atoms with Crippen molar-refractivity contribution in [3.05, 3.63) is 59.7 Å². The second-order valence-electron chi connectivity index (χ2n) is 9.35. The molecule has 0 atom stereocenters. The summed E-state index contributed by atoms with van der Waals surface area (Å²) in [4.78, 5) is 0. The molecule has 0 saturated heterocycles. The number of ether oxygens (including phenoxy) is 1. The third-order valence-electron chi connectivity index (χ3n) is 4.33. The van der Waals surface area contributed by atoms with Crippen LogP contribution < -0.4 is 0 Å². The molecule has 0 aromatic heterocycles. The summed E-state index contributed by atoms with van der Waals surface area (Å²) in [6.07, 6.45) is 1.10. The van der Waals surface area contributed by atoms with Crippen LogP contribution >= 0.6 is 0 Å². The van der Waals surface area contributed by atoms with Crippen molar-refractivity contribution in [1.82, 2.24) is 0 Å². The Bertz CT molecular complexity index is 891. The Labute approximate surface area is 152 Å². The molecule has 0 fully saturated rings. The maximum absolute atomic E-state index is 5.93. The summed E-state index contributed by atoms with van der Waals surface area (Å²) in [5.74, 6) is 0. The van der Waals surface area contributed by atoms with Crippen molar-refractivity contribution in [3.63, 3.8) is 0 Å². The van der Waals surface area contributed by atoms with Crippen molar-refractivity contribution in [3.8, 4) is 0 Å². The standard InChI is InChI=1S/C24H30O/c1-23(2,3)15-17-7-9-19-13-20-10-8-18(16-25-24(4,5)6)12-22(20)14-21(19)11-17/h7-14H,15-16H2,1-6H3. The summed E-state index contributed by atoms with van der Waals surface area (Å²) in [7, 11) is 0. The fraction of sp³-hybridized carbons (Fsp3) is 0.417. The molecule has 132 valence electrons. The third-order valence-corrected chi connectivity index (χ3v) is 4.33. The molecule has 0 aliphatic rings. The molecule has 0 N–H and O–H groups in total. The summed E-state index contributed by atoms with van der Waals surface area (Å²) in [5, 5.41) is 5.21. The first-order valence-electron chi connectivity index (χ1n) is 9.18. The quantitative estimate of drug-likeness (QED) is 0.473. The van der Waals surface area contributed by atoms with Crippen molar-refractivity contribution >= 4 is 21.5 Å². The van der Waals surface area contributed by atoms with Gasteiger partial charge in [0.25, 0.3) is 0 Å². The normalized spacial score (nSPS) is 12.9. The lowest BCUT2D eigenvalue weighted by Crippen LogP contribution is -2.18. The summed E-state index contributed by atoms with van der Waals surface area (Å²) >= 11 is 0. The highest BCUT2D eigenvalue weighted by molar-refractivity contribution is 5.98. The van der Waals surface area contributed by atoms with E-state index in [0.717, 1.165) is 6.42 Å². The molecular formula is C24H30O. The van der Waals surface area contributed by atoms with Crippen LogP contribution in [0.1, 0.15) is 52.7 Å². The summed E-state index contributed by atoms with van der Waals surface area (Å²) in [6, 6.07) is 18.1. The van der Waals surface area contributed by atoms with Crippen LogP contribution in [0.2, 0.25) is 0 Å². The lowest BCUT2D eigenvalue weighted by atomic mass is 9.87. The number of hydrogen-bond donors (Lipinski definition) is 0. The third kappa shape index (κ3) is 4.83. The summed E-state index contributed by atoms with van der Waals surface area (Å²) in [6.45, 7) is 13.8. The molecule has 25 heavy (non-hydrogen) atoms. The van der Waals surface area contributed by atoms with E-state index in [1.165, 1.54) is 32.7 Å². The Morgan fingerprint density at radius 2 is 1.16 bits per heavy atom. The van der Waals surface area contributed by atoms with E-state index in [2.05, 4.69) is 90.1 Å². The van der Waals surface area contributed by atoms with Crippen LogP contribution in [0.3, 0.4) is 0 Å². The van der Waals surface area contributed by atoms with Gasteiger partial charge in [0.05, 0.1) is 12.2 Å². The highest BCUT2D eigenvalue weighted by Gasteiger charge is 2.12. The Hall–Kier alpha value is -1.86. The van der Waals surface area contributed by atoms with Crippen LogP contribution in [0, 0.1) is 5.41 Å². The van der Waals surface area contributed by atoms with Crippen LogP contribution in [0.25, 0.3) is 21.5 Å². The molecule has 0 unspecified atom stereocenters. The second-order valence-corrected chi connectivity index (χ2v) is 9.35. The minimum Gasteiger partial charge on any atom is -0.371 e. The van der Waals surface area contributed by atoms with Gasteiger partial charge in [0.15, 0.2) is 0 Å². The van der Waals surface area contributed by atoms with E-state index < -0.39 is 0 Å². The van der Waals surface area contributed by atoms with Crippen molar-refractivity contribution in [2.75, 3.05) is 0 Å². The van der Waals surface area contributed by atoms with Crippen molar-refractivity contribution in [2.45, 2.75) is 60.2 Å². The van der Waals surface area contributed by atoms with Crippen LogP contribution in [0.5, 0.6) is 0 Å². The lowest BCUT2D eigenvalue weighted by molar-refractivity contribution is -0.0149. The van der Waals surface area contributed by atoms with E-state index in [1.54, 1.807) is 0 Å². The molecule has 1 nitrogen and oxygen atoms in total. The van der Waals surface area contributed by atoms with Gasteiger partial charge in [-0.25, -0.2) is 0 Å². The number of hydrogen-bond acceptors (Lipinski definition) is 1. The van der Waals surface area contributed by atoms with Crippen LogP contribution in [0.4, 0.5) is 0 Å². The zero-order valence-corrected chi connectivity index (χ0v) is 16.4. The SMILES string of the molecule is CC(C)(C)Cc1ccc2cc3ccc(COC(C)(C)C)cc3cc2c1.